The van der Waals surface area contributed by atoms with E-state index in [1.165, 1.54) is 0 Å². The number of allylic oxidation sites excluding steroid dienone is 1. The van der Waals surface area contributed by atoms with Crippen molar-refractivity contribution in [3.63, 3.8) is 0 Å². The lowest BCUT2D eigenvalue weighted by Crippen LogP contribution is -2.44. The molecule has 0 aromatic heterocycles. The minimum atomic E-state index is -0.334. The molecule has 0 saturated carbocycles. The molecule has 0 radical (unpaired) electrons. The first-order valence-electron chi connectivity index (χ1n) is 9.74. The summed E-state index contributed by atoms with van der Waals surface area (Å²) in [6.07, 6.45) is 0. The lowest BCUT2D eigenvalue weighted by molar-refractivity contribution is 0.102. The molecule has 30 heavy (non-hydrogen) atoms. The van der Waals surface area contributed by atoms with E-state index in [1.54, 1.807) is 0 Å². The first-order chi connectivity index (χ1) is 14.5. The van der Waals surface area contributed by atoms with Crippen LogP contribution in [0.5, 0.6) is 11.5 Å². The molecule has 1 unspecified atom stereocenters. The van der Waals surface area contributed by atoms with Gasteiger partial charge in [-0.2, -0.15) is 0 Å². The maximum Gasteiger partial charge on any atom is 0.193 e. The second kappa shape index (κ2) is 8.51. The second-order valence-electron chi connectivity index (χ2n) is 7.20. The van der Waals surface area contributed by atoms with Crippen molar-refractivity contribution in [3.8, 4) is 11.5 Å². The Hall–Kier alpha value is -3.44. The van der Waals surface area contributed by atoms with Crippen molar-refractivity contribution < 1.29 is 9.53 Å². The predicted octanol–water partition coefficient (Wildman–Crippen LogP) is 5.46. The molecule has 0 spiro atoms. The fraction of sp³-hybridized carbons (Fsp3) is 0.120. The third-order valence-corrected chi connectivity index (χ3v) is 5.30. The summed E-state index contributed by atoms with van der Waals surface area (Å²) in [5.74, 6) is 1.53. The van der Waals surface area contributed by atoms with Crippen LogP contribution in [0.1, 0.15) is 34.5 Å². The maximum atomic E-state index is 13.2. The number of Topliss-reactive ketones (excluding diaryl/α,β-unsaturated/α-hetero) is 1. The average Bonchev–Trinajstić information content (AvgIpc) is 2.75. The molecule has 3 aromatic rings. The molecule has 0 fully saturated rings. The Balaban J connectivity index is 1.64. The number of thiocarbonyl (C=S) groups is 1. The molecule has 4 nitrogen and oxygen atoms in total. The van der Waals surface area contributed by atoms with Gasteiger partial charge in [0.05, 0.1) is 6.04 Å². The van der Waals surface area contributed by atoms with E-state index in [0.29, 0.717) is 16.2 Å². The summed E-state index contributed by atoms with van der Waals surface area (Å²) >= 11 is 5.35. The Labute approximate surface area is 181 Å². The Morgan fingerprint density at radius 3 is 2.27 bits per heavy atom. The van der Waals surface area contributed by atoms with Gasteiger partial charge >= 0.3 is 0 Å². The number of ketones is 1. The highest BCUT2D eigenvalue weighted by molar-refractivity contribution is 7.80. The number of hydrogen-bond donors (Lipinski definition) is 2. The number of rotatable bonds is 5. The Morgan fingerprint density at radius 2 is 1.57 bits per heavy atom. The van der Waals surface area contributed by atoms with Gasteiger partial charge in [-0.05, 0) is 55.4 Å². The number of benzene rings is 3. The summed E-state index contributed by atoms with van der Waals surface area (Å²) in [4.78, 5) is 13.2. The average molecular weight is 415 g/mol. The third kappa shape index (κ3) is 4.11. The van der Waals surface area contributed by atoms with E-state index >= 15 is 0 Å². The first-order valence-corrected chi connectivity index (χ1v) is 10.2. The Morgan fingerprint density at radius 1 is 0.900 bits per heavy atom. The summed E-state index contributed by atoms with van der Waals surface area (Å²) < 4.78 is 6.00. The molecule has 2 N–H and O–H groups in total. The molecule has 0 aliphatic carbocycles. The number of carbonyl (C=O) groups excluding carboxylic acids is 1. The standard InChI is InChI=1S/C25H22N2O2S/c1-16-8-6-7-11-21(16)29-20-14-12-18(13-15-20)23-22(17(2)26-25(30)27-23)24(28)19-9-4-3-5-10-19/h3-15,23H,1-2H3,(H2,26,27,30). The molecule has 3 aromatic carbocycles. The fourth-order valence-corrected chi connectivity index (χ4v) is 3.79. The molecule has 150 valence electrons. The van der Waals surface area contributed by atoms with Crippen LogP contribution < -0.4 is 15.4 Å². The van der Waals surface area contributed by atoms with Gasteiger partial charge in [0.1, 0.15) is 11.5 Å². The van der Waals surface area contributed by atoms with Crippen molar-refractivity contribution in [2.45, 2.75) is 19.9 Å². The molecule has 1 aliphatic rings. The zero-order valence-corrected chi connectivity index (χ0v) is 17.6. The number of aryl methyl sites for hydroxylation is 1. The van der Waals surface area contributed by atoms with Crippen molar-refractivity contribution >= 4 is 23.1 Å². The zero-order valence-electron chi connectivity index (χ0n) is 16.8. The summed E-state index contributed by atoms with van der Waals surface area (Å²) in [5.41, 5.74) is 4.07. The molecular formula is C25H22N2O2S. The summed E-state index contributed by atoms with van der Waals surface area (Å²) in [6, 6.07) is 24.6. The molecular weight excluding hydrogens is 392 g/mol. The van der Waals surface area contributed by atoms with Crippen LogP contribution in [0, 0.1) is 6.92 Å². The third-order valence-electron chi connectivity index (χ3n) is 5.08. The van der Waals surface area contributed by atoms with E-state index in [9.17, 15) is 4.79 Å². The van der Waals surface area contributed by atoms with Gasteiger partial charge in [0.25, 0.3) is 0 Å². The second-order valence-corrected chi connectivity index (χ2v) is 7.61. The number of ether oxygens (including phenoxy) is 1. The van der Waals surface area contributed by atoms with E-state index in [2.05, 4.69) is 10.6 Å². The summed E-state index contributed by atoms with van der Waals surface area (Å²) in [5, 5.41) is 6.83. The minimum absolute atomic E-state index is 0.0270. The zero-order chi connectivity index (χ0) is 21.1. The normalized spacial score (nSPS) is 15.9. The highest BCUT2D eigenvalue weighted by atomic mass is 32.1. The SMILES string of the molecule is CC1=C(C(=O)c2ccccc2)C(c2ccc(Oc3ccccc3C)cc2)NC(=S)N1. The topological polar surface area (TPSA) is 50.4 Å². The van der Waals surface area contributed by atoms with Crippen molar-refractivity contribution in [3.05, 3.63) is 107 Å². The van der Waals surface area contributed by atoms with E-state index in [-0.39, 0.29) is 11.8 Å². The molecule has 0 amide bonds. The number of carbonyl (C=O) groups is 1. The maximum absolute atomic E-state index is 13.2. The highest BCUT2D eigenvalue weighted by Crippen LogP contribution is 2.31. The van der Waals surface area contributed by atoms with E-state index in [0.717, 1.165) is 28.3 Å². The Bertz CT molecular complexity index is 1120. The molecule has 1 aliphatic heterocycles. The van der Waals surface area contributed by atoms with E-state index < -0.39 is 0 Å². The van der Waals surface area contributed by atoms with Gasteiger partial charge in [0.2, 0.25) is 0 Å². The monoisotopic (exact) mass is 414 g/mol. The first kappa shape index (κ1) is 19.9. The lowest BCUT2D eigenvalue weighted by Gasteiger charge is -2.30. The van der Waals surface area contributed by atoms with Gasteiger partial charge in [0, 0.05) is 16.8 Å². The highest BCUT2D eigenvalue weighted by Gasteiger charge is 2.30. The molecule has 4 rings (SSSR count). The fourth-order valence-electron chi connectivity index (χ4n) is 3.52. The molecule has 0 bridgehead atoms. The largest absolute Gasteiger partial charge is 0.457 e. The van der Waals surface area contributed by atoms with Gasteiger partial charge in [-0.15, -0.1) is 0 Å². The van der Waals surface area contributed by atoms with Gasteiger partial charge in [-0.1, -0.05) is 60.7 Å². The van der Waals surface area contributed by atoms with Gasteiger partial charge in [0.15, 0.2) is 10.9 Å². The van der Waals surface area contributed by atoms with Gasteiger partial charge in [-0.3, -0.25) is 4.79 Å². The Kier molecular flexibility index (Phi) is 5.63. The van der Waals surface area contributed by atoms with Crippen LogP contribution in [0.15, 0.2) is 90.1 Å². The molecule has 5 heteroatoms. The van der Waals surface area contributed by atoms with Crippen LogP contribution >= 0.6 is 12.2 Å². The predicted molar refractivity (Wildman–Crippen MR) is 123 cm³/mol. The van der Waals surface area contributed by atoms with Crippen molar-refractivity contribution in [2.24, 2.45) is 0 Å². The van der Waals surface area contributed by atoms with Crippen LogP contribution in [0.2, 0.25) is 0 Å². The van der Waals surface area contributed by atoms with Crippen LogP contribution in [-0.4, -0.2) is 10.9 Å². The quantitative estimate of drug-likeness (QED) is 0.429. The van der Waals surface area contributed by atoms with Crippen molar-refractivity contribution in [1.29, 1.82) is 0 Å². The van der Waals surface area contributed by atoms with Gasteiger partial charge < -0.3 is 15.4 Å². The summed E-state index contributed by atoms with van der Waals surface area (Å²) in [6.45, 7) is 3.89. The van der Waals surface area contributed by atoms with Crippen LogP contribution in [0.25, 0.3) is 0 Å². The van der Waals surface area contributed by atoms with E-state index in [4.69, 9.17) is 17.0 Å². The van der Waals surface area contributed by atoms with Crippen LogP contribution in [-0.2, 0) is 0 Å². The van der Waals surface area contributed by atoms with Crippen LogP contribution in [0.4, 0.5) is 0 Å². The number of nitrogens with one attached hydrogen (secondary N) is 2. The van der Waals surface area contributed by atoms with E-state index in [1.807, 2.05) is 92.7 Å². The molecule has 1 atom stereocenters. The van der Waals surface area contributed by atoms with Crippen molar-refractivity contribution in [1.82, 2.24) is 10.6 Å². The molecule has 0 saturated heterocycles. The number of para-hydroxylation sites is 1. The van der Waals surface area contributed by atoms with Crippen molar-refractivity contribution in [2.75, 3.05) is 0 Å². The van der Waals surface area contributed by atoms with Crippen LogP contribution in [0.3, 0.4) is 0 Å². The number of hydrogen-bond acceptors (Lipinski definition) is 3. The summed E-state index contributed by atoms with van der Waals surface area (Å²) in [7, 11) is 0. The minimum Gasteiger partial charge on any atom is -0.457 e. The van der Waals surface area contributed by atoms with Gasteiger partial charge in [-0.25, -0.2) is 0 Å². The lowest BCUT2D eigenvalue weighted by atomic mass is 9.89. The smallest absolute Gasteiger partial charge is 0.193 e. The molecule has 1 heterocycles.